The number of halogens is 1. The zero-order chi connectivity index (χ0) is 8.27. The Bertz CT molecular complexity index is 112. The summed E-state index contributed by atoms with van der Waals surface area (Å²) < 4.78 is 5.63. The van der Waals surface area contributed by atoms with Crippen LogP contribution >= 0.6 is 15.9 Å². The Labute approximate surface area is 77.6 Å². The highest BCUT2D eigenvalue weighted by Crippen LogP contribution is 2.24. The highest BCUT2D eigenvalue weighted by Gasteiger charge is 2.20. The first-order valence-electron chi connectivity index (χ1n) is 4.44. The van der Waals surface area contributed by atoms with Crippen molar-refractivity contribution in [1.82, 2.24) is 0 Å². The van der Waals surface area contributed by atoms with Crippen LogP contribution in [0.1, 0.15) is 33.1 Å². The standard InChI is InChI=1S/C9H17BrO/c1-7(2)5-9-6-8(10)3-4-11-9/h7-9H,3-6H2,1-2H3/t8-,9-/m1/s1. The average Bonchev–Trinajstić information content (AvgIpc) is 1.85. The highest BCUT2D eigenvalue weighted by atomic mass is 79.9. The van der Waals surface area contributed by atoms with Gasteiger partial charge in [-0.2, -0.15) is 0 Å². The number of hydrogen-bond acceptors (Lipinski definition) is 1. The quantitative estimate of drug-likeness (QED) is 0.651. The molecule has 1 fully saturated rings. The van der Waals surface area contributed by atoms with Gasteiger partial charge in [0.1, 0.15) is 0 Å². The van der Waals surface area contributed by atoms with E-state index in [2.05, 4.69) is 29.8 Å². The SMILES string of the molecule is CC(C)C[C@@H]1C[C@H](Br)CCO1. The van der Waals surface area contributed by atoms with Crippen molar-refractivity contribution in [2.24, 2.45) is 5.92 Å². The molecular weight excluding hydrogens is 204 g/mol. The molecule has 0 aromatic rings. The molecule has 0 aromatic carbocycles. The van der Waals surface area contributed by atoms with Gasteiger partial charge in [-0.1, -0.05) is 29.8 Å². The van der Waals surface area contributed by atoms with Gasteiger partial charge >= 0.3 is 0 Å². The Balaban J connectivity index is 2.23. The topological polar surface area (TPSA) is 9.23 Å². The lowest BCUT2D eigenvalue weighted by atomic mass is 10.00. The first-order chi connectivity index (χ1) is 5.18. The number of hydrogen-bond donors (Lipinski definition) is 0. The Hall–Kier alpha value is 0.440. The number of rotatable bonds is 2. The molecule has 2 heteroatoms. The van der Waals surface area contributed by atoms with Crippen molar-refractivity contribution in [3.63, 3.8) is 0 Å². The molecule has 1 heterocycles. The van der Waals surface area contributed by atoms with E-state index in [0.29, 0.717) is 10.9 Å². The predicted molar refractivity (Wildman–Crippen MR) is 51.1 cm³/mol. The summed E-state index contributed by atoms with van der Waals surface area (Å²) in [5.41, 5.74) is 0. The normalized spacial score (nSPS) is 32.7. The molecule has 1 nitrogen and oxygen atoms in total. The summed E-state index contributed by atoms with van der Waals surface area (Å²) in [5, 5.41) is 0. The molecule has 0 radical (unpaired) electrons. The Morgan fingerprint density at radius 1 is 1.55 bits per heavy atom. The van der Waals surface area contributed by atoms with E-state index in [1.807, 2.05) is 0 Å². The maximum absolute atomic E-state index is 5.63. The van der Waals surface area contributed by atoms with Crippen LogP contribution in [0.25, 0.3) is 0 Å². The summed E-state index contributed by atoms with van der Waals surface area (Å²) in [5.74, 6) is 0.762. The van der Waals surface area contributed by atoms with Gasteiger partial charge in [0.2, 0.25) is 0 Å². The van der Waals surface area contributed by atoms with Crippen molar-refractivity contribution in [2.75, 3.05) is 6.61 Å². The van der Waals surface area contributed by atoms with Crippen LogP contribution in [0.3, 0.4) is 0 Å². The van der Waals surface area contributed by atoms with Crippen molar-refractivity contribution in [3.05, 3.63) is 0 Å². The van der Waals surface area contributed by atoms with E-state index >= 15 is 0 Å². The molecular formula is C9H17BrO. The summed E-state index contributed by atoms with van der Waals surface area (Å²) >= 11 is 3.64. The molecule has 0 bridgehead atoms. The first kappa shape index (κ1) is 9.53. The third-order valence-electron chi connectivity index (χ3n) is 2.04. The maximum atomic E-state index is 5.63. The second-order valence-corrected chi connectivity index (χ2v) is 5.04. The van der Waals surface area contributed by atoms with Crippen molar-refractivity contribution < 1.29 is 4.74 Å². The molecule has 0 unspecified atom stereocenters. The van der Waals surface area contributed by atoms with Crippen LogP contribution in [-0.4, -0.2) is 17.5 Å². The lowest BCUT2D eigenvalue weighted by Crippen LogP contribution is -2.26. The van der Waals surface area contributed by atoms with Gasteiger partial charge in [0, 0.05) is 11.4 Å². The van der Waals surface area contributed by atoms with Gasteiger partial charge in [-0.3, -0.25) is 0 Å². The van der Waals surface area contributed by atoms with Gasteiger partial charge in [0.25, 0.3) is 0 Å². The van der Waals surface area contributed by atoms with Gasteiger partial charge in [0.05, 0.1) is 6.10 Å². The van der Waals surface area contributed by atoms with Crippen molar-refractivity contribution in [1.29, 1.82) is 0 Å². The van der Waals surface area contributed by atoms with Crippen LogP contribution in [0.4, 0.5) is 0 Å². The fraction of sp³-hybridized carbons (Fsp3) is 1.00. The zero-order valence-corrected chi connectivity index (χ0v) is 8.93. The molecule has 1 aliphatic heterocycles. The monoisotopic (exact) mass is 220 g/mol. The Morgan fingerprint density at radius 2 is 2.27 bits per heavy atom. The van der Waals surface area contributed by atoms with Crippen molar-refractivity contribution in [3.8, 4) is 0 Å². The third kappa shape index (κ3) is 3.57. The molecule has 0 N–H and O–H groups in total. The molecule has 0 aromatic heterocycles. The fourth-order valence-corrected chi connectivity index (χ4v) is 2.13. The Kier molecular flexibility index (Phi) is 3.86. The molecule has 1 rings (SSSR count). The fourth-order valence-electron chi connectivity index (χ4n) is 1.52. The van der Waals surface area contributed by atoms with E-state index in [-0.39, 0.29) is 0 Å². The summed E-state index contributed by atoms with van der Waals surface area (Å²) in [4.78, 5) is 0.694. The summed E-state index contributed by atoms with van der Waals surface area (Å²) in [6, 6.07) is 0. The average molecular weight is 221 g/mol. The number of ether oxygens (including phenoxy) is 1. The number of alkyl halides is 1. The van der Waals surface area contributed by atoms with Gasteiger partial charge < -0.3 is 4.74 Å². The van der Waals surface area contributed by atoms with Crippen LogP contribution in [0, 0.1) is 5.92 Å². The van der Waals surface area contributed by atoms with Crippen LogP contribution < -0.4 is 0 Å². The van der Waals surface area contributed by atoms with Crippen LogP contribution in [0.5, 0.6) is 0 Å². The van der Waals surface area contributed by atoms with E-state index in [4.69, 9.17) is 4.74 Å². The maximum Gasteiger partial charge on any atom is 0.0588 e. The molecule has 2 atom stereocenters. The molecule has 0 amide bonds. The Morgan fingerprint density at radius 3 is 2.82 bits per heavy atom. The summed E-state index contributed by atoms with van der Waals surface area (Å²) in [6.45, 7) is 5.44. The first-order valence-corrected chi connectivity index (χ1v) is 5.35. The lowest BCUT2D eigenvalue weighted by molar-refractivity contribution is 0.00771. The van der Waals surface area contributed by atoms with Crippen molar-refractivity contribution in [2.45, 2.75) is 44.0 Å². The molecule has 0 saturated carbocycles. The van der Waals surface area contributed by atoms with Crippen LogP contribution in [-0.2, 0) is 4.74 Å². The zero-order valence-electron chi connectivity index (χ0n) is 7.35. The molecule has 66 valence electrons. The van der Waals surface area contributed by atoms with E-state index in [1.54, 1.807) is 0 Å². The minimum atomic E-state index is 0.508. The van der Waals surface area contributed by atoms with Gasteiger partial charge in [-0.25, -0.2) is 0 Å². The second-order valence-electron chi connectivity index (χ2n) is 3.74. The molecule has 0 spiro atoms. The molecule has 11 heavy (non-hydrogen) atoms. The summed E-state index contributed by atoms with van der Waals surface area (Å²) in [7, 11) is 0. The molecule has 0 aliphatic carbocycles. The summed E-state index contributed by atoms with van der Waals surface area (Å²) in [6.07, 6.45) is 4.09. The van der Waals surface area contributed by atoms with Crippen LogP contribution in [0.2, 0.25) is 0 Å². The minimum absolute atomic E-state index is 0.508. The van der Waals surface area contributed by atoms with Crippen molar-refractivity contribution >= 4 is 15.9 Å². The van der Waals surface area contributed by atoms with E-state index in [9.17, 15) is 0 Å². The van der Waals surface area contributed by atoms with E-state index in [0.717, 1.165) is 12.5 Å². The van der Waals surface area contributed by atoms with Gasteiger partial charge in [0.15, 0.2) is 0 Å². The lowest BCUT2D eigenvalue weighted by Gasteiger charge is -2.27. The largest absolute Gasteiger partial charge is 0.378 e. The molecule has 1 aliphatic rings. The minimum Gasteiger partial charge on any atom is -0.378 e. The third-order valence-corrected chi connectivity index (χ3v) is 2.87. The molecule has 1 saturated heterocycles. The predicted octanol–water partition coefficient (Wildman–Crippen LogP) is 2.98. The van der Waals surface area contributed by atoms with Gasteiger partial charge in [-0.05, 0) is 25.2 Å². The van der Waals surface area contributed by atoms with E-state index < -0.39 is 0 Å². The smallest absolute Gasteiger partial charge is 0.0588 e. The van der Waals surface area contributed by atoms with E-state index in [1.165, 1.54) is 19.3 Å². The highest BCUT2D eigenvalue weighted by molar-refractivity contribution is 9.09. The second kappa shape index (κ2) is 4.46. The van der Waals surface area contributed by atoms with Crippen LogP contribution in [0.15, 0.2) is 0 Å². The van der Waals surface area contributed by atoms with Gasteiger partial charge in [-0.15, -0.1) is 0 Å².